The van der Waals surface area contributed by atoms with Gasteiger partial charge in [0.1, 0.15) is 5.60 Å². The highest BCUT2D eigenvalue weighted by molar-refractivity contribution is 6.28. The van der Waals surface area contributed by atoms with Crippen LogP contribution in [0.3, 0.4) is 0 Å². The molecule has 19 heavy (non-hydrogen) atoms. The van der Waals surface area contributed by atoms with Gasteiger partial charge in [0.05, 0.1) is 0 Å². The Bertz CT molecular complexity index is 433. The molecule has 2 rings (SSSR count). The van der Waals surface area contributed by atoms with Crippen molar-refractivity contribution in [2.75, 3.05) is 18.0 Å². The topological polar surface area (TPSA) is 51.1 Å². The van der Waals surface area contributed by atoms with Crippen LogP contribution in [0, 0.1) is 0 Å². The molecule has 1 saturated heterocycles. The van der Waals surface area contributed by atoms with E-state index in [1.165, 1.54) is 19.3 Å². The second-order valence-corrected chi connectivity index (χ2v) is 5.79. The van der Waals surface area contributed by atoms with E-state index in [-0.39, 0.29) is 10.9 Å². The number of halogens is 1. The fourth-order valence-electron chi connectivity index (χ4n) is 1.92. The zero-order valence-electron chi connectivity index (χ0n) is 11.8. The molecule has 0 saturated carbocycles. The van der Waals surface area contributed by atoms with E-state index in [4.69, 9.17) is 16.3 Å². The molecular weight excluding hydrogens is 264 g/mol. The van der Waals surface area contributed by atoms with Crippen molar-refractivity contribution in [1.82, 2.24) is 15.0 Å². The summed E-state index contributed by atoms with van der Waals surface area (Å²) in [6, 6.07) is 0.312. The van der Waals surface area contributed by atoms with Gasteiger partial charge in [-0.1, -0.05) is 6.92 Å². The molecule has 106 valence electrons. The van der Waals surface area contributed by atoms with E-state index in [0.29, 0.717) is 12.0 Å². The number of hydrogen-bond acceptors (Lipinski definition) is 5. The number of ether oxygens (including phenoxy) is 1. The Morgan fingerprint density at radius 2 is 1.84 bits per heavy atom. The van der Waals surface area contributed by atoms with Crippen LogP contribution >= 0.6 is 11.6 Å². The molecule has 1 aliphatic rings. The normalized spacial score (nSPS) is 16.5. The highest BCUT2D eigenvalue weighted by Crippen LogP contribution is 2.22. The van der Waals surface area contributed by atoms with Crippen LogP contribution in [0.2, 0.25) is 5.28 Å². The fraction of sp³-hybridized carbons (Fsp3) is 0.769. The Labute approximate surface area is 119 Å². The first-order valence-electron chi connectivity index (χ1n) is 6.86. The summed E-state index contributed by atoms with van der Waals surface area (Å²) in [6.07, 6.45) is 4.47. The average Bonchev–Trinajstić information content (AvgIpc) is 2.38. The summed E-state index contributed by atoms with van der Waals surface area (Å²) in [5.41, 5.74) is -0.302. The van der Waals surface area contributed by atoms with Crippen molar-refractivity contribution in [2.45, 2.75) is 52.1 Å². The predicted molar refractivity (Wildman–Crippen MR) is 75.9 cm³/mol. The van der Waals surface area contributed by atoms with Crippen LogP contribution in [0.1, 0.15) is 46.5 Å². The van der Waals surface area contributed by atoms with E-state index in [1.807, 2.05) is 13.8 Å². The number of nitrogens with zero attached hydrogens (tertiary/aromatic N) is 4. The monoisotopic (exact) mass is 284 g/mol. The predicted octanol–water partition coefficient (Wildman–Crippen LogP) is 3.08. The van der Waals surface area contributed by atoms with E-state index < -0.39 is 0 Å². The summed E-state index contributed by atoms with van der Waals surface area (Å²) in [7, 11) is 0. The first-order valence-corrected chi connectivity index (χ1v) is 7.23. The summed E-state index contributed by atoms with van der Waals surface area (Å²) >= 11 is 5.97. The van der Waals surface area contributed by atoms with Crippen LogP contribution in [-0.2, 0) is 0 Å². The van der Waals surface area contributed by atoms with Gasteiger partial charge in [0.25, 0.3) is 0 Å². The molecular formula is C13H21ClN4O. The Morgan fingerprint density at radius 1 is 1.16 bits per heavy atom. The molecule has 1 aliphatic heterocycles. The maximum absolute atomic E-state index is 5.97. The molecule has 1 aromatic rings. The first-order chi connectivity index (χ1) is 9.00. The molecule has 0 amide bonds. The summed E-state index contributed by atoms with van der Waals surface area (Å²) in [5, 5.41) is 0.192. The molecule has 0 N–H and O–H groups in total. The van der Waals surface area contributed by atoms with Gasteiger partial charge in [-0.25, -0.2) is 0 Å². The number of hydrogen-bond donors (Lipinski definition) is 0. The minimum Gasteiger partial charge on any atom is -0.457 e. The standard InChI is InChI=1S/C13H21ClN4O/c1-4-13(2,3)19-12-16-10(14)15-11(17-12)18-8-6-5-7-9-18/h4-9H2,1-3H3. The van der Waals surface area contributed by atoms with E-state index in [9.17, 15) is 0 Å². The molecule has 2 heterocycles. The van der Waals surface area contributed by atoms with Crippen molar-refractivity contribution in [3.63, 3.8) is 0 Å². The summed E-state index contributed by atoms with van der Waals surface area (Å²) in [5.74, 6) is 0.626. The lowest BCUT2D eigenvalue weighted by Gasteiger charge is -2.27. The maximum Gasteiger partial charge on any atom is 0.323 e. The Balaban J connectivity index is 2.19. The number of piperidine rings is 1. The SMILES string of the molecule is CCC(C)(C)Oc1nc(Cl)nc(N2CCCCC2)n1. The zero-order chi connectivity index (χ0) is 13.9. The van der Waals surface area contributed by atoms with E-state index in [0.717, 1.165) is 19.5 Å². The van der Waals surface area contributed by atoms with Crippen molar-refractivity contribution in [3.8, 4) is 6.01 Å². The largest absolute Gasteiger partial charge is 0.457 e. The first kappa shape index (κ1) is 14.3. The van der Waals surface area contributed by atoms with Gasteiger partial charge >= 0.3 is 6.01 Å². The second-order valence-electron chi connectivity index (χ2n) is 5.45. The highest BCUT2D eigenvalue weighted by atomic mass is 35.5. The lowest BCUT2D eigenvalue weighted by Crippen LogP contribution is -2.32. The molecule has 1 fully saturated rings. The third kappa shape index (κ3) is 3.93. The van der Waals surface area contributed by atoms with Gasteiger partial charge in [0.15, 0.2) is 0 Å². The van der Waals surface area contributed by atoms with Crippen molar-refractivity contribution >= 4 is 17.5 Å². The minimum atomic E-state index is -0.302. The molecule has 0 atom stereocenters. The van der Waals surface area contributed by atoms with E-state index >= 15 is 0 Å². The lowest BCUT2D eigenvalue weighted by atomic mass is 10.1. The average molecular weight is 285 g/mol. The van der Waals surface area contributed by atoms with Gasteiger partial charge in [0, 0.05) is 13.1 Å². The van der Waals surface area contributed by atoms with Crippen LogP contribution in [0.25, 0.3) is 0 Å². The quantitative estimate of drug-likeness (QED) is 0.850. The van der Waals surface area contributed by atoms with Crippen LogP contribution in [-0.4, -0.2) is 33.6 Å². The molecule has 0 radical (unpaired) electrons. The fourth-order valence-corrected chi connectivity index (χ4v) is 2.07. The van der Waals surface area contributed by atoms with E-state index in [1.54, 1.807) is 0 Å². The van der Waals surface area contributed by atoms with Gasteiger partial charge in [-0.05, 0) is 51.1 Å². The number of anilines is 1. The van der Waals surface area contributed by atoms with Crippen LogP contribution < -0.4 is 9.64 Å². The van der Waals surface area contributed by atoms with E-state index in [2.05, 4.69) is 26.8 Å². The summed E-state index contributed by atoms with van der Waals surface area (Å²) in [6.45, 7) is 8.01. The number of rotatable bonds is 4. The van der Waals surface area contributed by atoms with Crippen molar-refractivity contribution in [3.05, 3.63) is 5.28 Å². The van der Waals surface area contributed by atoms with Crippen molar-refractivity contribution < 1.29 is 4.74 Å². The third-order valence-electron chi connectivity index (χ3n) is 3.43. The lowest BCUT2D eigenvalue weighted by molar-refractivity contribution is 0.0922. The molecule has 0 unspecified atom stereocenters. The van der Waals surface area contributed by atoms with Gasteiger partial charge in [-0.15, -0.1) is 0 Å². The zero-order valence-corrected chi connectivity index (χ0v) is 12.6. The maximum atomic E-state index is 5.97. The van der Waals surface area contributed by atoms with Crippen molar-refractivity contribution in [2.24, 2.45) is 0 Å². The summed E-state index contributed by atoms with van der Waals surface area (Å²) < 4.78 is 5.79. The molecule has 0 spiro atoms. The molecule has 0 aromatic carbocycles. The Morgan fingerprint density at radius 3 is 2.47 bits per heavy atom. The van der Waals surface area contributed by atoms with Gasteiger partial charge in [0.2, 0.25) is 11.2 Å². The molecule has 6 heteroatoms. The number of aromatic nitrogens is 3. The van der Waals surface area contributed by atoms with Crippen LogP contribution in [0.4, 0.5) is 5.95 Å². The van der Waals surface area contributed by atoms with Crippen molar-refractivity contribution in [1.29, 1.82) is 0 Å². The van der Waals surface area contributed by atoms with Gasteiger partial charge < -0.3 is 9.64 Å². The molecule has 1 aromatic heterocycles. The van der Waals surface area contributed by atoms with Gasteiger partial charge in [-0.2, -0.15) is 15.0 Å². The minimum absolute atomic E-state index is 0.192. The smallest absolute Gasteiger partial charge is 0.323 e. The van der Waals surface area contributed by atoms with Crippen LogP contribution in [0.15, 0.2) is 0 Å². The third-order valence-corrected chi connectivity index (χ3v) is 3.60. The highest BCUT2D eigenvalue weighted by Gasteiger charge is 2.21. The molecule has 0 aliphatic carbocycles. The Hall–Kier alpha value is -1.10. The molecule has 5 nitrogen and oxygen atoms in total. The van der Waals surface area contributed by atoms with Gasteiger partial charge in [-0.3, -0.25) is 0 Å². The van der Waals surface area contributed by atoms with Crippen LogP contribution in [0.5, 0.6) is 6.01 Å². The molecule has 0 bridgehead atoms. The summed E-state index contributed by atoms with van der Waals surface area (Å²) in [4.78, 5) is 14.8. The second kappa shape index (κ2) is 5.90. The Kier molecular flexibility index (Phi) is 4.45.